The van der Waals surface area contributed by atoms with Crippen molar-refractivity contribution >= 4 is 23.7 Å². The molecule has 2 atom stereocenters. The van der Waals surface area contributed by atoms with E-state index in [1.807, 2.05) is 0 Å². The van der Waals surface area contributed by atoms with Gasteiger partial charge in [0.1, 0.15) is 11.9 Å². The average Bonchev–Trinajstić information content (AvgIpc) is 3.64. The van der Waals surface area contributed by atoms with Crippen LogP contribution in [-0.2, 0) is 9.53 Å². The second-order valence-corrected chi connectivity index (χ2v) is 12.5. The number of aliphatic carboxylic acids is 1. The van der Waals surface area contributed by atoms with Crippen LogP contribution in [0.1, 0.15) is 53.9 Å². The number of benzene rings is 1. The summed E-state index contributed by atoms with van der Waals surface area (Å²) in [5.74, 6) is -4.06. The first-order valence-corrected chi connectivity index (χ1v) is 15.1. The molecular formula is C30H30F9N7O5. The number of halogens is 9. The number of carboxylic acids is 1. The molecule has 3 aromatic rings. The van der Waals surface area contributed by atoms with Crippen LogP contribution in [0.25, 0.3) is 5.69 Å². The van der Waals surface area contributed by atoms with E-state index >= 15 is 0 Å². The molecule has 2 fully saturated rings. The molecule has 4 heterocycles. The molecule has 0 saturated carbocycles. The summed E-state index contributed by atoms with van der Waals surface area (Å²) < 4.78 is 135. The van der Waals surface area contributed by atoms with Gasteiger partial charge < -0.3 is 30.5 Å². The van der Waals surface area contributed by atoms with E-state index in [1.54, 1.807) is 4.90 Å². The number of aryl methyl sites for hydroxylation is 1. The van der Waals surface area contributed by atoms with Crippen molar-refractivity contribution in [2.24, 2.45) is 5.41 Å². The number of carboxylic acid groups (broad SMARTS) is 1. The molecule has 278 valence electrons. The molecule has 12 nitrogen and oxygen atoms in total. The summed E-state index contributed by atoms with van der Waals surface area (Å²) in [7, 11) is 0. The number of nitrogens with zero attached hydrogens (tertiary/aromatic N) is 5. The molecule has 51 heavy (non-hydrogen) atoms. The van der Waals surface area contributed by atoms with Gasteiger partial charge in [-0.2, -0.15) is 54.6 Å². The molecule has 0 radical (unpaired) electrons. The maximum absolute atomic E-state index is 14.7. The Morgan fingerprint density at radius 1 is 1.02 bits per heavy atom. The number of rotatable bonds is 8. The van der Waals surface area contributed by atoms with Gasteiger partial charge in [0, 0.05) is 37.5 Å². The van der Waals surface area contributed by atoms with E-state index in [1.165, 1.54) is 13.0 Å². The molecule has 1 aromatic carbocycles. The van der Waals surface area contributed by atoms with Crippen molar-refractivity contribution in [1.29, 1.82) is 0 Å². The minimum atomic E-state index is -6.09. The van der Waals surface area contributed by atoms with Gasteiger partial charge >= 0.3 is 30.5 Å². The maximum atomic E-state index is 14.7. The van der Waals surface area contributed by atoms with Crippen LogP contribution in [0, 0.1) is 12.3 Å². The molecule has 0 amide bonds. The average molecular weight is 740 g/mol. The van der Waals surface area contributed by atoms with Crippen molar-refractivity contribution in [1.82, 2.24) is 25.1 Å². The van der Waals surface area contributed by atoms with Gasteiger partial charge in [-0.05, 0) is 56.7 Å². The quantitative estimate of drug-likeness (QED) is 0.203. The van der Waals surface area contributed by atoms with Crippen molar-refractivity contribution in [3.63, 3.8) is 0 Å². The maximum Gasteiger partial charge on any atom is 0.437 e. The van der Waals surface area contributed by atoms with Crippen molar-refractivity contribution < 1.29 is 63.7 Å². The standard InChI is InChI=1S/C30H30F9N7O5/c1-15-5-8-46(44-15)19-11-16(24(49)51-26(2,29(34,35)36)30(37,38)39)3-4-17(19)22(28(31,32)33)50-21-12-20(42-25(40)43-21)45-9-6-27(7-10-45)13-18(23(47)48)41-14-27/h3-5,8,11-12,18,22,41H,6-7,9-10,13-14H2,1-2H3,(H,47,48)(H2,40,42,43)/t18?,22-/m1/s1. The molecule has 0 bridgehead atoms. The van der Waals surface area contributed by atoms with Gasteiger partial charge in [0.2, 0.25) is 17.9 Å². The number of ether oxygens (including phenoxy) is 2. The van der Waals surface area contributed by atoms with Crippen LogP contribution in [0.15, 0.2) is 36.5 Å². The Labute approximate surface area is 282 Å². The Morgan fingerprint density at radius 2 is 1.67 bits per heavy atom. The third kappa shape index (κ3) is 7.61. The highest BCUT2D eigenvalue weighted by molar-refractivity contribution is 5.90. The van der Waals surface area contributed by atoms with E-state index in [2.05, 4.69) is 25.1 Å². The highest BCUT2D eigenvalue weighted by Gasteiger charge is 2.71. The summed E-state index contributed by atoms with van der Waals surface area (Å²) in [4.78, 5) is 33.7. The summed E-state index contributed by atoms with van der Waals surface area (Å²) >= 11 is 0. The van der Waals surface area contributed by atoms with Gasteiger partial charge in [-0.25, -0.2) is 9.48 Å². The van der Waals surface area contributed by atoms with E-state index < -0.39 is 83.8 Å². The Bertz CT molecular complexity index is 1770. The third-order valence-corrected chi connectivity index (χ3v) is 8.95. The van der Waals surface area contributed by atoms with Gasteiger partial charge in [0.15, 0.2) is 0 Å². The molecule has 1 spiro atoms. The van der Waals surface area contributed by atoms with Crippen LogP contribution < -0.4 is 20.7 Å². The number of carbonyl (C=O) groups excluding carboxylic acids is 1. The van der Waals surface area contributed by atoms with E-state index in [-0.39, 0.29) is 16.9 Å². The molecule has 2 aromatic heterocycles. The van der Waals surface area contributed by atoms with Crippen molar-refractivity contribution in [2.45, 2.75) is 69.4 Å². The zero-order valence-electron chi connectivity index (χ0n) is 26.7. The van der Waals surface area contributed by atoms with Crippen molar-refractivity contribution in [3.8, 4) is 11.6 Å². The molecule has 2 aliphatic rings. The number of hydrogen-bond acceptors (Lipinski definition) is 10. The van der Waals surface area contributed by atoms with Crippen molar-refractivity contribution in [3.05, 3.63) is 53.3 Å². The number of nitrogens with two attached hydrogens (primary N) is 1. The number of alkyl halides is 9. The Kier molecular flexibility index (Phi) is 9.58. The van der Waals surface area contributed by atoms with E-state index in [9.17, 15) is 54.2 Å². The van der Waals surface area contributed by atoms with Crippen LogP contribution >= 0.6 is 0 Å². The van der Waals surface area contributed by atoms with Crippen LogP contribution in [0.2, 0.25) is 0 Å². The first-order valence-electron chi connectivity index (χ1n) is 15.1. The number of anilines is 2. The van der Waals surface area contributed by atoms with Crippen LogP contribution in [0.3, 0.4) is 0 Å². The second kappa shape index (κ2) is 13.1. The fourth-order valence-corrected chi connectivity index (χ4v) is 5.92. The van der Waals surface area contributed by atoms with Crippen LogP contribution in [0.5, 0.6) is 5.88 Å². The topological polar surface area (TPSA) is 158 Å². The summed E-state index contributed by atoms with van der Waals surface area (Å²) in [6.07, 6.45) is -17.7. The molecule has 0 aliphatic carbocycles. The smallest absolute Gasteiger partial charge is 0.437 e. The Morgan fingerprint density at radius 3 is 2.20 bits per heavy atom. The lowest BCUT2D eigenvalue weighted by atomic mass is 9.76. The minimum absolute atomic E-state index is 0.118. The highest BCUT2D eigenvalue weighted by Crippen LogP contribution is 2.47. The second-order valence-electron chi connectivity index (χ2n) is 12.5. The normalized spacial score (nSPS) is 18.9. The van der Waals surface area contributed by atoms with Gasteiger partial charge in [0.25, 0.3) is 5.60 Å². The molecule has 5 rings (SSSR count). The summed E-state index contributed by atoms with van der Waals surface area (Å²) in [6.45, 7) is 2.24. The SMILES string of the molecule is Cc1ccn(-c2cc(C(=O)OC(C)(C(F)(F)F)C(F)(F)F)ccc2[C@@H](Oc2cc(N3CCC4(CC3)CNC(C(=O)O)C4)nc(N)n2)C(F)(F)F)n1. The van der Waals surface area contributed by atoms with Crippen LogP contribution in [0.4, 0.5) is 51.3 Å². The number of aromatic nitrogens is 4. The fraction of sp³-hybridized carbons (Fsp3) is 0.500. The summed E-state index contributed by atoms with van der Waals surface area (Å²) in [6, 6.07) is 3.54. The number of carbonyl (C=O) groups is 2. The van der Waals surface area contributed by atoms with Gasteiger partial charge in [-0.1, -0.05) is 6.07 Å². The molecule has 2 saturated heterocycles. The van der Waals surface area contributed by atoms with Gasteiger partial charge in [-0.3, -0.25) is 4.79 Å². The zero-order valence-corrected chi connectivity index (χ0v) is 26.7. The Balaban J connectivity index is 1.46. The predicted octanol–water partition coefficient (Wildman–Crippen LogP) is 5.31. The lowest BCUT2D eigenvalue weighted by Crippen LogP contribution is -2.57. The van der Waals surface area contributed by atoms with E-state index in [0.717, 1.165) is 16.9 Å². The first kappa shape index (κ1) is 37.4. The van der Waals surface area contributed by atoms with Crippen molar-refractivity contribution in [2.75, 3.05) is 30.3 Å². The molecule has 21 heteroatoms. The molecule has 4 N–H and O–H groups in total. The highest BCUT2D eigenvalue weighted by atomic mass is 19.4. The number of nitrogen functional groups attached to an aromatic ring is 1. The summed E-state index contributed by atoms with van der Waals surface area (Å²) in [5.41, 5.74) is -1.44. The van der Waals surface area contributed by atoms with Gasteiger partial charge in [-0.15, -0.1) is 0 Å². The summed E-state index contributed by atoms with van der Waals surface area (Å²) in [5, 5.41) is 16.3. The number of piperidine rings is 1. The zero-order chi connectivity index (χ0) is 37.7. The molecule has 2 aliphatic heterocycles. The number of esters is 1. The molecule has 1 unspecified atom stereocenters. The minimum Gasteiger partial charge on any atom is -0.480 e. The first-order chi connectivity index (χ1) is 23.5. The van der Waals surface area contributed by atoms with Gasteiger partial charge in [0.05, 0.1) is 16.9 Å². The van der Waals surface area contributed by atoms with E-state index in [0.29, 0.717) is 57.1 Å². The number of nitrogens with one attached hydrogen (secondary N) is 1. The monoisotopic (exact) mass is 739 g/mol. The van der Waals surface area contributed by atoms with E-state index in [4.69, 9.17) is 10.5 Å². The Hall–Kier alpha value is -4.82. The molecular weight excluding hydrogens is 709 g/mol. The lowest BCUT2D eigenvalue weighted by molar-refractivity contribution is -0.358. The fourth-order valence-electron chi connectivity index (χ4n) is 5.92. The van der Waals surface area contributed by atoms with Crippen LogP contribution in [-0.4, -0.2) is 86.6 Å². The lowest BCUT2D eigenvalue weighted by Gasteiger charge is -2.39. The largest absolute Gasteiger partial charge is 0.480 e. The number of hydrogen-bond donors (Lipinski definition) is 3. The third-order valence-electron chi connectivity index (χ3n) is 8.95. The predicted molar refractivity (Wildman–Crippen MR) is 158 cm³/mol.